The number of benzene rings is 1. The molecule has 94 valence electrons. The number of fused-ring (bicyclic) bond motifs is 1. The van der Waals surface area contributed by atoms with Crippen LogP contribution in [-0.4, -0.2) is 6.34 Å². The van der Waals surface area contributed by atoms with Crippen molar-refractivity contribution in [2.45, 2.75) is 6.04 Å². The van der Waals surface area contributed by atoms with Crippen LogP contribution in [0.1, 0.15) is 11.6 Å². The first-order chi connectivity index (χ1) is 8.27. The molecule has 0 amide bonds. The van der Waals surface area contributed by atoms with E-state index >= 15 is 0 Å². The first-order valence-corrected chi connectivity index (χ1v) is 6.27. The van der Waals surface area contributed by atoms with Gasteiger partial charge in [0.05, 0.1) is 11.4 Å². The van der Waals surface area contributed by atoms with Crippen LogP contribution in [0.2, 0.25) is 0 Å². The van der Waals surface area contributed by atoms with Crippen molar-refractivity contribution < 1.29 is 4.39 Å². The van der Waals surface area contributed by atoms with Gasteiger partial charge in [-0.15, -0.1) is 23.7 Å². The maximum Gasteiger partial charge on any atom is 0.183 e. The molecular weight excluding hydrogens is 294 g/mol. The van der Waals surface area contributed by atoms with Crippen LogP contribution < -0.4 is 5.32 Å². The van der Waals surface area contributed by atoms with E-state index in [1.54, 1.807) is 6.20 Å². The average molecular weight is 303 g/mol. The van der Waals surface area contributed by atoms with E-state index in [-0.39, 0.29) is 17.5 Å². The zero-order valence-electron chi connectivity index (χ0n) is 9.06. The molecular formula is C12H9Cl2FN2S. The number of nitrogens with one attached hydrogen (secondary N) is 1. The molecule has 1 unspecified atom stereocenters. The van der Waals surface area contributed by atoms with Crippen molar-refractivity contribution in [1.29, 1.82) is 0 Å². The van der Waals surface area contributed by atoms with Crippen LogP contribution in [0.4, 0.5) is 4.39 Å². The standard InChI is InChI=1S/C12H8ClFN2S.ClH/c13-8-5-15-6-16-11(8)10-7-3-1-2-4-9(7)17-12(10)14;/h1-6,11H,(H,15,16);1H. The Kier molecular flexibility index (Phi) is 3.90. The Hall–Kier alpha value is -1.10. The number of rotatable bonds is 1. The first kappa shape index (κ1) is 13.3. The fourth-order valence-electron chi connectivity index (χ4n) is 1.89. The molecule has 1 N–H and O–H groups in total. The van der Waals surface area contributed by atoms with Crippen LogP contribution in [0.5, 0.6) is 0 Å². The summed E-state index contributed by atoms with van der Waals surface area (Å²) in [5.41, 5.74) is 0.560. The molecule has 0 aliphatic carbocycles. The molecule has 0 fully saturated rings. The number of aliphatic imine (C=N–C) groups is 1. The van der Waals surface area contributed by atoms with E-state index in [1.807, 2.05) is 24.3 Å². The molecule has 1 aliphatic heterocycles. The molecule has 1 aromatic heterocycles. The highest BCUT2D eigenvalue weighted by Gasteiger charge is 2.24. The molecule has 0 saturated heterocycles. The molecule has 1 aliphatic rings. The Bertz CT molecular complexity index is 636. The summed E-state index contributed by atoms with van der Waals surface area (Å²) < 4.78 is 14.9. The van der Waals surface area contributed by atoms with Gasteiger partial charge in [0.15, 0.2) is 5.13 Å². The Labute approximate surface area is 119 Å². The summed E-state index contributed by atoms with van der Waals surface area (Å²) >= 11 is 7.20. The molecule has 2 aromatic rings. The SMILES string of the molecule is Cl.Fc1sc2ccccc2c1C1N=CNC=C1Cl. The summed E-state index contributed by atoms with van der Waals surface area (Å²) in [6, 6.07) is 7.14. The van der Waals surface area contributed by atoms with Crippen LogP contribution in [0.25, 0.3) is 10.1 Å². The van der Waals surface area contributed by atoms with E-state index in [0.29, 0.717) is 10.6 Å². The molecule has 18 heavy (non-hydrogen) atoms. The summed E-state index contributed by atoms with van der Waals surface area (Å²) in [5, 5.41) is 3.94. The minimum atomic E-state index is -0.436. The second kappa shape index (κ2) is 5.26. The zero-order chi connectivity index (χ0) is 11.8. The van der Waals surface area contributed by atoms with Gasteiger partial charge in [-0.25, -0.2) is 0 Å². The van der Waals surface area contributed by atoms with Crippen molar-refractivity contribution in [1.82, 2.24) is 5.32 Å². The van der Waals surface area contributed by atoms with Gasteiger partial charge in [0.1, 0.15) is 6.04 Å². The lowest BCUT2D eigenvalue weighted by molar-refractivity contribution is 0.632. The highest BCUT2D eigenvalue weighted by Crippen LogP contribution is 2.40. The second-order valence-corrected chi connectivity index (χ2v) is 5.10. The van der Waals surface area contributed by atoms with Crippen molar-refractivity contribution in [2.24, 2.45) is 4.99 Å². The van der Waals surface area contributed by atoms with Crippen LogP contribution in [0.15, 0.2) is 40.5 Å². The van der Waals surface area contributed by atoms with E-state index in [2.05, 4.69) is 10.3 Å². The van der Waals surface area contributed by atoms with Gasteiger partial charge in [0, 0.05) is 21.8 Å². The Morgan fingerprint density at radius 3 is 2.89 bits per heavy atom. The van der Waals surface area contributed by atoms with Crippen LogP contribution in [0.3, 0.4) is 0 Å². The molecule has 0 bridgehead atoms. The monoisotopic (exact) mass is 302 g/mol. The molecule has 0 spiro atoms. The smallest absolute Gasteiger partial charge is 0.183 e. The minimum absolute atomic E-state index is 0. The van der Waals surface area contributed by atoms with Gasteiger partial charge < -0.3 is 5.32 Å². The number of hydrogen-bond acceptors (Lipinski definition) is 3. The zero-order valence-corrected chi connectivity index (χ0v) is 11.5. The van der Waals surface area contributed by atoms with Gasteiger partial charge in [-0.3, -0.25) is 4.99 Å². The minimum Gasteiger partial charge on any atom is -0.352 e. The van der Waals surface area contributed by atoms with Crippen molar-refractivity contribution in [2.75, 3.05) is 0 Å². The van der Waals surface area contributed by atoms with Crippen LogP contribution >= 0.6 is 35.3 Å². The van der Waals surface area contributed by atoms with E-state index in [9.17, 15) is 4.39 Å². The molecule has 2 heterocycles. The lowest BCUT2D eigenvalue weighted by atomic mass is 10.1. The lowest BCUT2D eigenvalue weighted by Crippen LogP contribution is -2.12. The molecule has 2 nitrogen and oxygen atoms in total. The third kappa shape index (κ3) is 2.11. The van der Waals surface area contributed by atoms with Crippen molar-refractivity contribution in [3.63, 3.8) is 0 Å². The topological polar surface area (TPSA) is 24.4 Å². The second-order valence-electron chi connectivity index (χ2n) is 3.66. The van der Waals surface area contributed by atoms with Crippen LogP contribution in [0, 0.1) is 5.13 Å². The molecule has 0 radical (unpaired) electrons. The van der Waals surface area contributed by atoms with Crippen LogP contribution in [-0.2, 0) is 0 Å². The third-order valence-electron chi connectivity index (χ3n) is 2.64. The summed E-state index contributed by atoms with van der Waals surface area (Å²) in [6.07, 6.45) is 3.16. The molecule has 3 rings (SSSR count). The van der Waals surface area contributed by atoms with E-state index in [1.165, 1.54) is 6.34 Å². The van der Waals surface area contributed by atoms with Crippen molar-refractivity contribution in [3.8, 4) is 0 Å². The van der Waals surface area contributed by atoms with Gasteiger partial charge in [-0.2, -0.15) is 4.39 Å². The quantitative estimate of drug-likeness (QED) is 0.838. The Morgan fingerprint density at radius 1 is 1.33 bits per heavy atom. The maximum atomic E-state index is 14.0. The molecule has 6 heteroatoms. The molecule has 0 saturated carbocycles. The highest BCUT2D eigenvalue weighted by molar-refractivity contribution is 7.17. The Morgan fingerprint density at radius 2 is 2.11 bits per heavy atom. The summed E-state index contributed by atoms with van der Waals surface area (Å²) in [7, 11) is 0. The van der Waals surface area contributed by atoms with Gasteiger partial charge >= 0.3 is 0 Å². The van der Waals surface area contributed by atoms with E-state index in [0.717, 1.165) is 21.4 Å². The van der Waals surface area contributed by atoms with Crippen molar-refractivity contribution in [3.05, 3.63) is 46.2 Å². The lowest BCUT2D eigenvalue weighted by Gasteiger charge is -2.14. The third-order valence-corrected chi connectivity index (χ3v) is 3.93. The molecule has 1 aromatic carbocycles. The predicted molar refractivity (Wildman–Crippen MR) is 77.3 cm³/mol. The number of halogens is 3. The average Bonchev–Trinajstić information content (AvgIpc) is 2.66. The fourth-order valence-corrected chi connectivity index (χ4v) is 3.07. The maximum absolute atomic E-state index is 14.0. The predicted octanol–water partition coefficient (Wildman–Crippen LogP) is 4.22. The summed E-state index contributed by atoms with van der Waals surface area (Å²) in [6.45, 7) is 0. The van der Waals surface area contributed by atoms with Gasteiger partial charge in [-0.1, -0.05) is 29.8 Å². The van der Waals surface area contributed by atoms with Gasteiger partial charge in [-0.05, 0) is 6.07 Å². The number of nitrogens with zero attached hydrogens (tertiary/aromatic N) is 1. The molecule has 1 atom stereocenters. The van der Waals surface area contributed by atoms with Gasteiger partial charge in [0.25, 0.3) is 0 Å². The fraction of sp³-hybridized carbons (Fsp3) is 0.0833. The largest absolute Gasteiger partial charge is 0.352 e. The first-order valence-electron chi connectivity index (χ1n) is 5.07. The van der Waals surface area contributed by atoms with Gasteiger partial charge in [0.2, 0.25) is 0 Å². The highest BCUT2D eigenvalue weighted by atomic mass is 35.5. The number of hydrogen-bond donors (Lipinski definition) is 1. The van der Waals surface area contributed by atoms with Crippen molar-refractivity contribution >= 4 is 51.8 Å². The summed E-state index contributed by atoms with van der Waals surface area (Å²) in [4.78, 5) is 4.19. The Balaban J connectivity index is 0.00000120. The number of thiophene rings is 1. The van der Waals surface area contributed by atoms with E-state index < -0.39 is 6.04 Å². The van der Waals surface area contributed by atoms with E-state index in [4.69, 9.17) is 11.6 Å². The normalized spacial score (nSPS) is 18.1. The summed E-state index contributed by atoms with van der Waals surface area (Å²) in [5.74, 6) is 0.